The molecule has 0 aliphatic carbocycles. The summed E-state index contributed by atoms with van der Waals surface area (Å²) >= 11 is 0. The second-order valence-corrected chi connectivity index (χ2v) is 13.3. The van der Waals surface area contributed by atoms with Gasteiger partial charge in [0.15, 0.2) is 0 Å². The molecule has 0 aliphatic heterocycles. The average Bonchev–Trinajstić information content (AvgIpc) is 2.73. The molecule has 0 saturated carbocycles. The Morgan fingerprint density at radius 3 is 1.90 bits per heavy atom. The monoisotopic (exact) mass is 624 g/mol. The molecule has 4 aromatic rings. The van der Waals surface area contributed by atoms with E-state index in [1.807, 2.05) is 12.3 Å². The minimum atomic E-state index is -0.261. The Hall–Kier alpha value is -1.43. The molecule has 1 aromatic heterocycles. The van der Waals surface area contributed by atoms with Gasteiger partial charge in [-0.15, -0.1) is 34.9 Å². The van der Waals surface area contributed by atoms with E-state index < -0.39 is 0 Å². The normalized spacial score (nSPS) is 10.6. The molecule has 0 saturated heterocycles. The van der Waals surface area contributed by atoms with Crippen LogP contribution in [0.4, 0.5) is 0 Å². The second kappa shape index (κ2) is 12.0. The fourth-order valence-electron chi connectivity index (χ4n) is 3.71. The first-order chi connectivity index (χ1) is 14.4. The molecule has 0 N–H and O–H groups in total. The van der Waals surface area contributed by atoms with E-state index in [0.29, 0.717) is 0 Å². The fraction of sp³-hybridized carbons (Fsp3) is 0.222. The SMILES string of the molecule is C[PH+](C)c1ccccc1[PH+](C)C.Cc1[c-]c(-c2nccc3ccccc23)cc(C)c1.[Os+]. The predicted molar refractivity (Wildman–Crippen MR) is 142 cm³/mol. The maximum Gasteiger partial charge on any atom is 1.00 e. The summed E-state index contributed by atoms with van der Waals surface area (Å²) in [5.74, 6) is 0. The number of hydrogen-bond donors (Lipinski definition) is 0. The number of aryl methyl sites for hydroxylation is 2. The van der Waals surface area contributed by atoms with Gasteiger partial charge in [0.05, 0.1) is 26.7 Å². The van der Waals surface area contributed by atoms with Crippen molar-refractivity contribution >= 4 is 37.2 Å². The van der Waals surface area contributed by atoms with Gasteiger partial charge in [-0.25, -0.2) is 0 Å². The third kappa shape index (κ3) is 6.77. The number of rotatable bonds is 3. The zero-order chi connectivity index (χ0) is 21.7. The van der Waals surface area contributed by atoms with Gasteiger partial charge < -0.3 is 4.98 Å². The first-order valence-corrected chi connectivity index (χ1v) is 15.4. The van der Waals surface area contributed by atoms with Crippen molar-refractivity contribution in [1.29, 1.82) is 0 Å². The molecule has 1 heterocycles. The van der Waals surface area contributed by atoms with Crippen LogP contribution in [-0.4, -0.2) is 31.6 Å². The van der Waals surface area contributed by atoms with Gasteiger partial charge in [0.2, 0.25) is 0 Å². The molecule has 1 nitrogen and oxygen atoms in total. The number of fused-ring (bicyclic) bond motifs is 1. The van der Waals surface area contributed by atoms with Gasteiger partial charge in [0.25, 0.3) is 0 Å². The van der Waals surface area contributed by atoms with E-state index in [9.17, 15) is 0 Å². The summed E-state index contributed by atoms with van der Waals surface area (Å²) in [6.07, 6.45) is 1.86. The van der Waals surface area contributed by atoms with Crippen molar-refractivity contribution < 1.29 is 19.8 Å². The third-order valence-corrected chi connectivity index (χ3v) is 8.36. The molecular weight excluding hydrogens is 590 g/mol. The first-order valence-electron chi connectivity index (χ1n) is 10.4. The van der Waals surface area contributed by atoms with Crippen LogP contribution in [0.25, 0.3) is 22.0 Å². The van der Waals surface area contributed by atoms with Crippen LogP contribution in [0.5, 0.6) is 0 Å². The Morgan fingerprint density at radius 2 is 1.32 bits per heavy atom. The predicted octanol–water partition coefficient (Wildman–Crippen LogP) is 6.20. The van der Waals surface area contributed by atoms with Crippen LogP contribution in [0, 0.1) is 19.9 Å². The molecule has 1 radical (unpaired) electrons. The molecule has 0 fully saturated rings. The topological polar surface area (TPSA) is 12.9 Å². The second-order valence-electron chi connectivity index (χ2n) is 8.18. The molecule has 161 valence electrons. The Bertz CT molecular complexity index is 1090. The van der Waals surface area contributed by atoms with Crippen molar-refractivity contribution in [2.45, 2.75) is 13.8 Å². The summed E-state index contributed by atoms with van der Waals surface area (Å²) in [5, 5.41) is 5.68. The van der Waals surface area contributed by atoms with Crippen molar-refractivity contribution in [2.75, 3.05) is 26.7 Å². The van der Waals surface area contributed by atoms with Gasteiger partial charge in [0.1, 0.15) is 10.6 Å². The molecule has 4 rings (SSSR count). The molecular formula is C27H32NOsP2+2. The third-order valence-electron chi connectivity index (χ3n) is 5.08. The number of benzene rings is 3. The van der Waals surface area contributed by atoms with Gasteiger partial charge in [0, 0.05) is 22.0 Å². The van der Waals surface area contributed by atoms with Crippen LogP contribution in [-0.2, 0) is 19.8 Å². The zero-order valence-electron chi connectivity index (χ0n) is 19.2. The average molecular weight is 623 g/mol. The standard InChI is InChI=1S/C17H14N.C10H16P2.Os/c1-12-9-13(2)11-15(10-12)17-16-6-4-3-5-14(16)7-8-18-17;1-11(2)9-7-5-6-8-10(9)12(3)4;/h3-10H,1-2H3;5-8H,1-4H3;/q-1;;+1/p+2. The van der Waals surface area contributed by atoms with Crippen LogP contribution < -0.4 is 10.6 Å². The van der Waals surface area contributed by atoms with Gasteiger partial charge in [-0.2, -0.15) is 0 Å². The molecule has 0 aliphatic rings. The molecule has 4 heteroatoms. The van der Waals surface area contributed by atoms with Crippen molar-refractivity contribution in [3.8, 4) is 11.3 Å². The first kappa shape index (κ1) is 25.8. The maximum atomic E-state index is 4.53. The summed E-state index contributed by atoms with van der Waals surface area (Å²) < 4.78 is 0. The van der Waals surface area contributed by atoms with E-state index in [1.165, 1.54) is 16.3 Å². The molecule has 3 aromatic carbocycles. The van der Waals surface area contributed by atoms with Gasteiger partial charge >= 0.3 is 19.8 Å². The summed E-state index contributed by atoms with van der Waals surface area (Å²) in [7, 11) is -0.522. The van der Waals surface area contributed by atoms with Gasteiger partial charge in [-0.3, -0.25) is 0 Å². The van der Waals surface area contributed by atoms with E-state index in [0.717, 1.165) is 16.8 Å². The van der Waals surface area contributed by atoms with Crippen LogP contribution in [0.1, 0.15) is 11.1 Å². The number of hydrogen-bond acceptors (Lipinski definition) is 1. The molecule has 0 unspecified atom stereocenters. The molecule has 0 atom stereocenters. The van der Waals surface area contributed by atoms with Crippen molar-refractivity contribution in [3.05, 3.63) is 90.1 Å². The summed E-state index contributed by atoms with van der Waals surface area (Å²) in [6.45, 7) is 13.7. The van der Waals surface area contributed by atoms with Gasteiger partial charge in [-0.1, -0.05) is 50.2 Å². The van der Waals surface area contributed by atoms with E-state index in [-0.39, 0.29) is 35.6 Å². The van der Waals surface area contributed by atoms with Crippen LogP contribution in [0.2, 0.25) is 0 Å². The van der Waals surface area contributed by atoms with Crippen molar-refractivity contribution in [1.82, 2.24) is 4.98 Å². The van der Waals surface area contributed by atoms with E-state index in [1.54, 1.807) is 10.6 Å². The van der Waals surface area contributed by atoms with E-state index in [4.69, 9.17) is 0 Å². The van der Waals surface area contributed by atoms with Crippen LogP contribution >= 0.6 is 15.8 Å². The molecule has 0 spiro atoms. The van der Waals surface area contributed by atoms with E-state index in [2.05, 4.69) is 112 Å². The summed E-state index contributed by atoms with van der Waals surface area (Å²) in [4.78, 5) is 4.53. The Labute approximate surface area is 203 Å². The van der Waals surface area contributed by atoms with Crippen LogP contribution in [0.15, 0.2) is 72.9 Å². The zero-order valence-corrected chi connectivity index (χ0v) is 23.8. The minimum absolute atomic E-state index is 0. The Kier molecular flexibility index (Phi) is 9.98. The van der Waals surface area contributed by atoms with Gasteiger partial charge in [-0.05, 0) is 34.7 Å². The number of aromatic nitrogens is 1. The maximum absolute atomic E-state index is 4.53. The summed E-state index contributed by atoms with van der Waals surface area (Å²) in [5.41, 5.74) is 4.49. The Balaban J connectivity index is 0.000000231. The smallest absolute Gasteiger partial charge is 0.304 e. The van der Waals surface area contributed by atoms with E-state index >= 15 is 0 Å². The quantitative estimate of drug-likeness (QED) is 0.196. The molecule has 0 bridgehead atoms. The van der Waals surface area contributed by atoms with Crippen molar-refractivity contribution in [2.24, 2.45) is 0 Å². The van der Waals surface area contributed by atoms with Crippen molar-refractivity contribution in [3.63, 3.8) is 0 Å². The number of pyridine rings is 1. The Morgan fingerprint density at radius 1 is 0.742 bits per heavy atom. The largest absolute Gasteiger partial charge is 1.00 e. The fourth-order valence-corrected chi connectivity index (χ4v) is 7.32. The number of nitrogens with zero attached hydrogens (tertiary/aromatic N) is 1. The molecule has 31 heavy (non-hydrogen) atoms. The van der Waals surface area contributed by atoms with Crippen LogP contribution in [0.3, 0.4) is 0 Å². The minimum Gasteiger partial charge on any atom is -0.304 e. The summed E-state index contributed by atoms with van der Waals surface area (Å²) in [6, 6.07) is 27.0. The molecule has 0 amide bonds.